The normalized spacial score (nSPS) is 17.9. The topological polar surface area (TPSA) is 76.6 Å². The van der Waals surface area contributed by atoms with Gasteiger partial charge in [0.05, 0.1) is 16.7 Å². The van der Waals surface area contributed by atoms with Crippen molar-refractivity contribution in [1.29, 1.82) is 0 Å². The molecule has 1 atom stereocenters. The predicted molar refractivity (Wildman–Crippen MR) is 82.8 cm³/mol. The van der Waals surface area contributed by atoms with Crippen molar-refractivity contribution in [3.8, 4) is 0 Å². The molecule has 22 heavy (non-hydrogen) atoms. The highest BCUT2D eigenvalue weighted by Gasteiger charge is 2.36. The molecule has 116 valence electrons. The molecule has 0 bridgehead atoms. The highest BCUT2D eigenvalue weighted by atomic mass is 32.2. The lowest BCUT2D eigenvalue weighted by Crippen LogP contribution is -2.35. The summed E-state index contributed by atoms with van der Waals surface area (Å²) in [5, 5.41) is -0.478. The molecule has 0 N–H and O–H groups in total. The van der Waals surface area contributed by atoms with Crippen LogP contribution in [0, 0.1) is 0 Å². The van der Waals surface area contributed by atoms with Crippen molar-refractivity contribution >= 4 is 35.0 Å². The summed E-state index contributed by atoms with van der Waals surface area (Å²) in [7, 11) is 0. The lowest BCUT2D eigenvalue weighted by atomic mass is 10.3. The minimum atomic E-state index is -0.587. The van der Waals surface area contributed by atoms with Gasteiger partial charge in [-0.2, -0.15) is 0 Å². The minimum Gasteiger partial charge on any atom is -0.461 e. The summed E-state index contributed by atoms with van der Waals surface area (Å²) in [6.45, 7) is 3.27. The molecule has 0 aromatic carbocycles. The van der Waals surface area contributed by atoms with Crippen molar-refractivity contribution in [2.24, 2.45) is 0 Å². The molecule has 2 rings (SSSR count). The van der Waals surface area contributed by atoms with Gasteiger partial charge >= 0.3 is 5.97 Å². The molecule has 1 aliphatic heterocycles. The number of aromatic nitrogens is 1. The quantitative estimate of drug-likeness (QED) is 0.613. The Balaban J connectivity index is 2.06. The number of amides is 2. The Labute approximate surface area is 132 Å². The number of ether oxygens (including phenoxy) is 1. The SMILES string of the molecule is CC[C@H](C)OC(=O)CN1C(=O)S/C(=C\c2ccccn2)C1=O. The fourth-order valence-corrected chi connectivity index (χ4v) is 2.53. The summed E-state index contributed by atoms with van der Waals surface area (Å²) in [4.78, 5) is 41.0. The first-order valence-electron chi connectivity index (χ1n) is 6.87. The van der Waals surface area contributed by atoms with Gasteiger partial charge in [-0.05, 0) is 43.3 Å². The van der Waals surface area contributed by atoms with Crippen LogP contribution in [0.1, 0.15) is 26.0 Å². The molecule has 0 radical (unpaired) electrons. The molecule has 6 nitrogen and oxygen atoms in total. The van der Waals surface area contributed by atoms with Crippen LogP contribution in [0.15, 0.2) is 29.3 Å². The molecule has 1 aromatic rings. The first-order chi connectivity index (χ1) is 10.5. The lowest BCUT2D eigenvalue weighted by molar-refractivity contribution is -0.150. The average molecular weight is 320 g/mol. The van der Waals surface area contributed by atoms with Crippen LogP contribution < -0.4 is 0 Å². The van der Waals surface area contributed by atoms with Crippen LogP contribution in [-0.2, 0) is 14.3 Å². The highest BCUT2D eigenvalue weighted by molar-refractivity contribution is 8.18. The third-order valence-corrected chi connectivity index (χ3v) is 3.94. The summed E-state index contributed by atoms with van der Waals surface area (Å²) < 4.78 is 5.09. The summed E-state index contributed by atoms with van der Waals surface area (Å²) in [6, 6.07) is 5.27. The molecule has 2 heterocycles. The smallest absolute Gasteiger partial charge is 0.326 e. The van der Waals surface area contributed by atoms with Crippen LogP contribution in [0.5, 0.6) is 0 Å². The highest BCUT2D eigenvalue weighted by Crippen LogP contribution is 2.31. The number of hydrogen-bond acceptors (Lipinski definition) is 6. The van der Waals surface area contributed by atoms with Crippen LogP contribution in [0.2, 0.25) is 0 Å². The van der Waals surface area contributed by atoms with Gasteiger partial charge < -0.3 is 4.74 Å². The first-order valence-corrected chi connectivity index (χ1v) is 7.68. The van der Waals surface area contributed by atoms with Gasteiger partial charge in [0.2, 0.25) is 0 Å². The van der Waals surface area contributed by atoms with Gasteiger partial charge in [-0.25, -0.2) is 0 Å². The number of pyridine rings is 1. The van der Waals surface area contributed by atoms with Crippen LogP contribution in [-0.4, -0.2) is 39.6 Å². The van der Waals surface area contributed by atoms with E-state index in [1.54, 1.807) is 31.3 Å². The van der Waals surface area contributed by atoms with Crippen molar-refractivity contribution in [3.05, 3.63) is 35.0 Å². The standard InChI is InChI=1S/C15H16N2O4S/c1-3-10(2)21-13(18)9-17-14(19)12(22-15(17)20)8-11-6-4-5-7-16-11/h4-8,10H,3,9H2,1-2H3/b12-8-/t10-/m0/s1. The number of rotatable bonds is 5. The fraction of sp³-hybridized carbons (Fsp3) is 0.333. The second-order valence-electron chi connectivity index (χ2n) is 4.73. The van der Waals surface area contributed by atoms with Crippen LogP contribution >= 0.6 is 11.8 Å². The van der Waals surface area contributed by atoms with Crippen molar-refractivity contribution in [2.75, 3.05) is 6.54 Å². The van der Waals surface area contributed by atoms with Crippen molar-refractivity contribution < 1.29 is 19.1 Å². The van der Waals surface area contributed by atoms with E-state index >= 15 is 0 Å². The molecule has 0 unspecified atom stereocenters. The van der Waals surface area contributed by atoms with Gasteiger partial charge in [-0.15, -0.1) is 0 Å². The van der Waals surface area contributed by atoms with E-state index in [1.165, 1.54) is 6.08 Å². The zero-order valence-electron chi connectivity index (χ0n) is 12.3. The number of esters is 1. The second kappa shape index (κ2) is 7.22. The minimum absolute atomic E-state index is 0.239. The van der Waals surface area contributed by atoms with Crippen molar-refractivity contribution in [3.63, 3.8) is 0 Å². The zero-order valence-corrected chi connectivity index (χ0v) is 13.1. The van der Waals surface area contributed by atoms with E-state index in [1.807, 2.05) is 6.92 Å². The number of hydrogen-bond donors (Lipinski definition) is 0. The molecular weight excluding hydrogens is 304 g/mol. The van der Waals surface area contributed by atoms with Gasteiger partial charge in [0.1, 0.15) is 6.54 Å². The van der Waals surface area contributed by atoms with Crippen molar-refractivity contribution in [2.45, 2.75) is 26.4 Å². The maximum absolute atomic E-state index is 12.2. The number of imide groups is 1. The van der Waals surface area contributed by atoms with E-state index in [4.69, 9.17) is 4.74 Å². The van der Waals surface area contributed by atoms with E-state index in [0.717, 1.165) is 16.7 Å². The molecule has 1 aromatic heterocycles. The third-order valence-electron chi connectivity index (χ3n) is 3.04. The van der Waals surface area contributed by atoms with Crippen LogP contribution in [0.3, 0.4) is 0 Å². The lowest BCUT2D eigenvalue weighted by Gasteiger charge is -2.14. The fourth-order valence-electron chi connectivity index (χ4n) is 1.71. The average Bonchev–Trinajstić information content (AvgIpc) is 2.75. The van der Waals surface area contributed by atoms with E-state index in [0.29, 0.717) is 12.1 Å². The van der Waals surface area contributed by atoms with Gasteiger partial charge in [-0.1, -0.05) is 13.0 Å². The third kappa shape index (κ3) is 3.94. The van der Waals surface area contributed by atoms with Gasteiger partial charge in [0, 0.05) is 6.20 Å². The molecular formula is C15H16N2O4S. The Morgan fingerprint density at radius 3 is 2.86 bits per heavy atom. The Morgan fingerprint density at radius 1 is 1.45 bits per heavy atom. The van der Waals surface area contributed by atoms with Gasteiger partial charge in [0.15, 0.2) is 0 Å². The number of carbonyl (C=O) groups is 3. The first kappa shape index (κ1) is 16.2. The van der Waals surface area contributed by atoms with E-state index < -0.39 is 17.1 Å². The zero-order chi connectivity index (χ0) is 16.1. The van der Waals surface area contributed by atoms with E-state index in [2.05, 4.69) is 4.98 Å². The van der Waals surface area contributed by atoms with Crippen LogP contribution in [0.4, 0.5) is 4.79 Å². The largest absolute Gasteiger partial charge is 0.461 e. The maximum Gasteiger partial charge on any atom is 0.326 e. The molecule has 0 aliphatic carbocycles. The number of carbonyl (C=O) groups excluding carboxylic acids is 3. The molecule has 7 heteroatoms. The Morgan fingerprint density at radius 2 is 2.23 bits per heavy atom. The maximum atomic E-state index is 12.2. The summed E-state index contributed by atoms with van der Waals surface area (Å²) in [6.07, 6.45) is 3.56. The number of nitrogens with zero attached hydrogens (tertiary/aromatic N) is 2. The van der Waals surface area contributed by atoms with Gasteiger partial charge in [0.25, 0.3) is 11.1 Å². The summed E-state index contributed by atoms with van der Waals surface area (Å²) >= 11 is 0.794. The number of thioether (sulfide) groups is 1. The second-order valence-corrected chi connectivity index (χ2v) is 5.72. The van der Waals surface area contributed by atoms with E-state index in [9.17, 15) is 14.4 Å². The molecule has 0 spiro atoms. The Bertz CT molecular complexity index is 615. The molecule has 1 saturated heterocycles. The van der Waals surface area contributed by atoms with Crippen molar-refractivity contribution in [1.82, 2.24) is 9.88 Å². The Kier molecular flexibility index (Phi) is 5.32. The van der Waals surface area contributed by atoms with E-state index in [-0.39, 0.29) is 17.6 Å². The summed E-state index contributed by atoms with van der Waals surface area (Å²) in [5.41, 5.74) is 0.579. The molecule has 1 fully saturated rings. The molecule has 1 aliphatic rings. The predicted octanol–water partition coefficient (Wildman–Crippen LogP) is 2.46. The van der Waals surface area contributed by atoms with Gasteiger partial charge in [-0.3, -0.25) is 24.3 Å². The molecule has 2 amide bonds. The van der Waals surface area contributed by atoms with Crippen LogP contribution in [0.25, 0.3) is 6.08 Å². The molecule has 0 saturated carbocycles. The monoisotopic (exact) mass is 320 g/mol. The summed E-state index contributed by atoms with van der Waals surface area (Å²) in [5.74, 6) is -1.09. The Hall–Kier alpha value is -2.15.